The fraction of sp³-hybridized carbons (Fsp3) is 0.625. The minimum atomic E-state index is -0.195. The third-order valence-electron chi connectivity index (χ3n) is 3.09. The number of unbranched alkanes of at least 4 members (excludes halogenated alkanes) is 3. The topological polar surface area (TPSA) is 21.3 Å². The summed E-state index contributed by atoms with van der Waals surface area (Å²) >= 11 is 0. The highest BCUT2D eigenvalue weighted by Crippen LogP contribution is 2.16. The Hall–Kier alpha value is -1.09. The fourth-order valence-electron chi connectivity index (χ4n) is 1.86. The van der Waals surface area contributed by atoms with Crippen molar-refractivity contribution >= 4 is 0 Å². The van der Waals surface area contributed by atoms with Gasteiger partial charge in [0.2, 0.25) is 0 Å². The van der Waals surface area contributed by atoms with Crippen LogP contribution >= 0.6 is 0 Å². The van der Waals surface area contributed by atoms with E-state index in [0.29, 0.717) is 17.9 Å². The van der Waals surface area contributed by atoms with E-state index in [4.69, 9.17) is 4.74 Å². The van der Waals surface area contributed by atoms with Gasteiger partial charge in [0.15, 0.2) is 0 Å². The van der Waals surface area contributed by atoms with Crippen molar-refractivity contribution in [3.05, 3.63) is 29.6 Å². The minimum Gasteiger partial charge on any atom is -0.493 e. The van der Waals surface area contributed by atoms with Crippen molar-refractivity contribution in [1.29, 1.82) is 0 Å². The lowest BCUT2D eigenvalue weighted by molar-refractivity contribution is 0.303. The molecule has 108 valence electrons. The second-order valence-electron chi connectivity index (χ2n) is 4.92. The molecule has 2 nitrogen and oxygen atoms in total. The van der Waals surface area contributed by atoms with E-state index >= 15 is 0 Å². The highest BCUT2D eigenvalue weighted by Gasteiger charge is 1.99. The van der Waals surface area contributed by atoms with Gasteiger partial charge in [-0.05, 0) is 50.9 Å². The molecule has 0 aliphatic carbocycles. The first-order valence-corrected chi connectivity index (χ1v) is 7.33. The minimum absolute atomic E-state index is 0.195. The number of benzene rings is 1. The molecule has 1 N–H and O–H groups in total. The SMILES string of the molecule is CCCNCCCCCCOc1ccc(C)c(F)c1. The summed E-state index contributed by atoms with van der Waals surface area (Å²) in [4.78, 5) is 0. The van der Waals surface area contributed by atoms with Crippen LogP contribution in [0, 0.1) is 12.7 Å². The number of hydrogen-bond acceptors (Lipinski definition) is 2. The Morgan fingerprint density at radius 3 is 2.63 bits per heavy atom. The summed E-state index contributed by atoms with van der Waals surface area (Å²) in [6, 6.07) is 5.04. The molecule has 0 unspecified atom stereocenters. The number of ether oxygens (including phenoxy) is 1. The van der Waals surface area contributed by atoms with Crippen molar-refractivity contribution in [2.45, 2.75) is 46.0 Å². The number of halogens is 1. The first-order chi connectivity index (χ1) is 9.24. The smallest absolute Gasteiger partial charge is 0.129 e. The largest absolute Gasteiger partial charge is 0.493 e. The highest BCUT2D eigenvalue weighted by atomic mass is 19.1. The summed E-state index contributed by atoms with van der Waals surface area (Å²) in [5.41, 5.74) is 0.659. The van der Waals surface area contributed by atoms with Crippen LogP contribution in [0.5, 0.6) is 5.75 Å². The molecule has 1 rings (SSSR count). The molecule has 0 spiro atoms. The Kier molecular flexibility index (Phi) is 8.23. The van der Waals surface area contributed by atoms with Gasteiger partial charge in [0.05, 0.1) is 6.61 Å². The van der Waals surface area contributed by atoms with Gasteiger partial charge >= 0.3 is 0 Å². The van der Waals surface area contributed by atoms with Crippen LogP contribution in [0.1, 0.15) is 44.6 Å². The van der Waals surface area contributed by atoms with E-state index < -0.39 is 0 Å². The second kappa shape index (κ2) is 9.79. The summed E-state index contributed by atoms with van der Waals surface area (Å²) in [6.45, 7) is 6.83. The Bertz CT molecular complexity index is 355. The standard InChI is InChI=1S/C16H26FNO/c1-3-10-18-11-6-4-5-7-12-19-15-9-8-14(2)16(17)13-15/h8-9,13,18H,3-7,10-12H2,1-2H3. The zero-order valence-corrected chi connectivity index (χ0v) is 12.2. The molecule has 0 saturated carbocycles. The maximum atomic E-state index is 13.3. The van der Waals surface area contributed by atoms with Gasteiger partial charge in [0, 0.05) is 6.07 Å². The summed E-state index contributed by atoms with van der Waals surface area (Å²) < 4.78 is 18.8. The van der Waals surface area contributed by atoms with Crippen molar-refractivity contribution < 1.29 is 9.13 Å². The molecule has 1 aromatic carbocycles. The zero-order valence-electron chi connectivity index (χ0n) is 12.2. The van der Waals surface area contributed by atoms with Crippen LogP contribution in [-0.2, 0) is 0 Å². The predicted octanol–water partition coefficient (Wildman–Crippen LogP) is 4.07. The molecule has 0 aliphatic heterocycles. The van der Waals surface area contributed by atoms with E-state index in [1.165, 1.54) is 31.7 Å². The van der Waals surface area contributed by atoms with Crippen molar-refractivity contribution in [3.8, 4) is 5.75 Å². The second-order valence-corrected chi connectivity index (χ2v) is 4.92. The number of aryl methyl sites for hydroxylation is 1. The van der Waals surface area contributed by atoms with E-state index in [0.717, 1.165) is 19.5 Å². The van der Waals surface area contributed by atoms with Gasteiger partial charge in [-0.15, -0.1) is 0 Å². The normalized spacial score (nSPS) is 10.7. The highest BCUT2D eigenvalue weighted by molar-refractivity contribution is 5.27. The first kappa shape index (κ1) is 16.0. The molecule has 0 amide bonds. The summed E-state index contributed by atoms with van der Waals surface area (Å²) in [5, 5.41) is 3.39. The van der Waals surface area contributed by atoms with Crippen LogP contribution in [0.3, 0.4) is 0 Å². The quantitative estimate of drug-likeness (QED) is 0.645. The Morgan fingerprint density at radius 2 is 1.89 bits per heavy atom. The van der Waals surface area contributed by atoms with Gasteiger partial charge in [0.25, 0.3) is 0 Å². The van der Waals surface area contributed by atoms with E-state index in [1.807, 2.05) is 6.07 Å². The molecule has 1 aromatic rings. The van der Waals surface area contributed by atoms with Gasteiger partial charge in [0.1, 0.15) is 11.6 Å². The van der Waals surface area contributed by atoms with E-state index in [2.05, 4.69) is 12.2 Å². The average Bonchev–Trinajstić information content (AvgIpc) is 2.41. The number of rotatable bonds is 10. The summed E-state index contributed by atoms with van der Waals surface area (Å²) in [5.74, 6) is 0.437. The molecule has 0 aromatic heterocycles. The zero-order chi connectivity index (χ0) is 13.9. The van der Waals surface area contributed by atoms with E-state index in [1.54, 1.807) is 13.0 Å². The van der Waals surface area contributed by atoms with Gasteiger partial charge in [-0.1, -0.05) is 25.8 Å². The van der Waals surface area contributed by atoms with Crippen LogP contribution in [0.15, 0.2) is 18.2 Å². The maximum Gasteiger partial charge on any atom is 0.129 e. The van der Waals surface area contributed by atoms with Crippen LogP contribution in [0.4, 0.5) is 4.39 Å². The molecule has 0 bridgehead atoms. The Labute approximate surface area is 116 Å². The van der Waals surface area contributed by atoms with Gasteiger partial charge in [-0.2, -0.15) is 0 Å². The van der Waals surface area contributed by atoms with Crippen LogP contribution in [0.25, 0.3) is 0 Å². The Morgan fingerprint density at radius 1 is 1.11 bits per heavy atom. The first-order valence-electron chi connectivity index (χ1n) is 7.33. The predicted molar refractivity (Wildman–Crippen MR) is 78.3 cm³/mol. The molecule has 0 heterocycles. The molecule has 0 fully saturated rings. The molecule has 3 heteroatoms. The molecule has 19 heavy (non-hydrogen) atoms. The lowest BCUT2D eigenvalue weighted by Gasteiger charge is -2.07. The fourth-order valence-corrected chi connectivity index (χ4v) is 1.86. The average molecular weight is 267 g/mol. The van der Waals surface area contributed by atoms with Crippen molar-refractivity contribution in [2.75, 3.05) is 19.7 Å². The van der Waals surface area contributed by atoms with E-state index in [9.17, 15) is 4.39 Å². The lowest BCUT2D eigenvalue weighted by Crippen LogP contribution is -2.15. The number of hydrogen-bond donors (Lipinski definition) is 1. The number of nitrogens with one attached hydrogen (secondary N) is 1. The molecule has 0 saturated heterocycles. The van der Waals surface area contributed by atoms with E-state index in [-0.39, 0.29) is 5.82 Å². The van der Waals surface area contributed by atoms with Crippen LogP contribution in [0.2, 0.25) is 0 Å². The van der Waals surface area contributed by atoms with Gasteiger partial charge in [-0.25, -0.2) is 4.39 Å². The third-order valence-corrected chi connectivity index (χ3v) is 3.09. The van der Waals surface area contributed by atoms with Crippen LogP contribution < -0.4 is 10.1 Å². The maximum absolute atomic E-state index is 13.3. The molecule has 0 aliphatic rings. The van der Waals surface area contributed by atoms with Crippen molar-refractivity contribution in [1.82, 2.24) is 5.32 Å². The third kappa shape index (κ3) is 7.16. The van der Waals surface area contributed by atoms with Crippen LogP contribution in [-0.4, -0.2) is 19.7 Å². The summed E-state index contributed by atoms with van der Waals surface area (Å²) in [7, 11) is 0. The molecular weight excluding hydrogens is 241 g/mol. The molecule has 0 atom stereocenters. The lowest BCUT2D eigenvalue weighted by atomic mass is 10.2. The summed E-state index contributed by atoms with van der Waals surface area (Å²) in [6.07, 6.45) is 5.84. The van der Waals surface area contributed by atoms with Gasteiger partial charge < -0.3 is 10.1 Å². The Balaban J connectivity index is 2.00. The van der Waals surface area contributed by atoms with Crippen molar-refractivity contribution in [3.63, 3.8) is 0 Å². The van der Waals surface area contributed by atoms with Gasteiger partial charge in [-0.3, -0.25) is 0 Å². The molecular formula is C16H26FNO. The monoisotopic (exact) mass is 267 g/mol. The molecule has 0 radical (unpaired) electrons. The van der Waals surface area contributed by atoms with Crippen molar-refractivity contribution in [2.24, 2.45) is 0 Å².